The molecule has 1 amide bonds. The molecule has 0 aliphatic rings. The van der Waals surface area contributed by atoms with Gasteiger partial charge in [-0.15, -0.1) is 0 Å². The van der Waals surface area contributed by atoms with E-state index in [1.165, 1.54) is 6.20 Å². The van der Waals surface area contributed by atoms with Gasteiger partial charge in [0, 0.05) is 11.1 Å². The van der Waals surface area contributed by atoms with E-state index < -0.39 is 0 Å². The summed E-state index contributed by atoms with van der Waals surface area (Å²) in [5.74, 6) is -0.300. The summed E-state index contributed by atoms with van der Waals surface area (Å²) in [6.45, 7) is 1.90. The van der Waals surface area contributed by atoms with Gasteiger partial charge in [-0.05, 0) is 13.0 Å². The fourth-order valence-electron chi connectivity index (χ4n) is 1.55. The average molecular weight is 260 g/mol. The third kappa shape index (κ3) is 1.82. The van der Waals surface area contributed by atoms with Crippen LogP contribution < -0.4 is 5.32 Å². The van der Waals surface area contributed by atoms with Gasteiger partial charge in [-0.25, -0.2) is 4.98 Å². The van der Waals surface area contributed by atoms with Crippen LogP contribution in [0.5, 0.6) is 0 Å². The lowest BCUT2D eigenvalue weighted by atomic mass is 10.2. The van der Waals surface area contributed by atoms with Crippen molar-refractivity contribution in [3.63, 3.8) is 0 Å². The standard InChI is InChI=1S/C10H8N6OS/c1-5-7-2-6(3-11-9(7)15-14-5)13-10(17)8-4-12-18-16-8/h2-4H,1H3,(H,13,17)(H,11,14,15). The molecule has 3 aromatic heterocycles. The Balaban J connectivity index is 1.91. The van der Waals surface area contributed by atoms with Gasteiger partial charge in [0.05, 0.1) is 29.8 Å². The minimum Gasteiger partial charge on any atom is -0.319 e. The van der Waals surface area contributed by atoms with Gasteiger partial charge in [0.2, 0.25) is 0 Å². The number of hydrogen-bond acceptors (Lipinski definition) is 6. The molecule has 0 radical (unpaired) electrons. The molecule has 0 saturated carbocycles. The molecular weight excluding hydrogens is 252 g/mol. The predicted molar refractivity (Wildman–Crippen MR) is 66.5 cm³/mol. The zero-order valence-electron chi connectivity index (χ0n) is 9.34. The molecule has 3 rings (SSSR count). The van der Waals surface area contributed by atoms with Crippen molar-refractivity contribution in [2.24, 2.45) is 0 Å². The summed E-state index contributed by atoms with van der Waals surface area (Å²) in [5.41, 5.74) is 2.43. The van der Waals surface area contributed by atoms with Gasteiger partial charge < -0.3 is 5.32 Å². The summed E-state index contributed by atoms with van der Waals surface area (Å²) in [4.78, 5) is 15.9. The van der Waals surface area contributed by atoms with Crippen molar-refractivity contribution in [1.29, 1.82) is 0 Å². The lowest BCUT2D eigenvalue weighted by molar-refractivity contribution is 0.102. The van der Waals surface area contributed by atoms with Gasteiger partial charge in [-0.2, -0.15) is 13.8 Å². The van der Waals surface area contributed by atoms with E-state index >= 15 is 0 Å². The zero-order chi connectivity index (χ0) is 12.5. The van der Waals surface area contributed by atoms with Gasteiger partial charge in [-0.3, -0.25) is 9.89 Å². The molecule has 90 valence electrons. The Kier molecular flexibility index (Phi) is 2.49. The monoisotopic (exact) mass is 260 g/mol. The third-order valence-corrected chi connectivity index (χ3v) is 2.93. The van der Waals surface area contributed by atoms with Crippen LogP contribution in [0.1, 0.15) is 16.2 Å². The van der Waals surface area contributed by atoms with Crippen molar-refractivity contribution < 1.29 is 4.79 Å². The first-order valence-electron chi connectivity index (χ1n) is 5.13. The summed E-state index contributed by atoms with van der Waals surface area (Å²) in [5, 5.41) is 10.5. The van der Waals surface area contributed by atoms with E-state index in [0.29, 0.717) is 17.0 Å². The number of nitrogens with zero attached hydrogens (tertiary/aromatic N) is 4. The molecule has 7 nitrogen and oxygen atoms in total. The van der Waals surface area contributed by atoms with Crippen LogP contribution in [0.4, 0.5) is 5.69 Å². The summed E-state index contributed by atoms with van der Waals surface area (Å²) in [6.07, 6.45) is 2.98. The maximum absolute atomic E-state index is 11.8. The minimum atomic E-state index is -0.300. The highest BCUT2D eigenvalue weighted by Crippen LogP contribution is 2.17. The number of amides is 1. The Labute approximate surface area is 106 Å². The van der Waals surface area contributed by atoms with Crippen molar-refractivity contribution in [3.05, 3.63) is 29.8 Å². The minimum absolute atomic E-state index is 0.295. The molecule has 8 heteroatoms. The molecule has 0 aromatic carbocycles. The molecule has 0 bridgehead atoms. The predicted octanol–water partition coefficient (Wildman–Crippen LogP) is 1.37. The second-order valence-electron chi connectivity index (χ2n) is 3.69. The first kappa shape index (κ1) is 10.8. The van der Waals surface area contributed by atoms with Crippen LogP contribution in [0.2, 0.25) is 0 Å². The van der Waals surface area contributed by atoms with Crippen LogP contribution >= 0.6 is 11.7 Å². The maximum Gasteiger partial charge on any atom is 0.277 e. The number of hydrogen-bond donors (Lipinski definition) is 2. The van der Waals surface area contributed by atoms with Crippen molar-refractivity contribution in [2.45, 2.75) is 6.92 Å². The van der Waals surface area contributed by atoms with Crippen molar-refractivity contribution in [2.75, 3.05) is 5.32 Å². The lowest BCUT2D eigenvalue weighted by Gasteiger charge is -2.02. The van der Waals surface area contributed by atoms with Gasteiger partial charge in [-0.1, -0.05) is 0 Å². The Bertz CT molecular complexity index is 704. The quantitative estimate of drug-likeness (QED) is 0.725. The second kappa shape index (κ2) is 4.15. The number of aryl methyl sites for hydroxylation is 1. The Morgan fingerprint density at radius 2 is 2.33 bits per heavy atom. The number of carbonyl (C=O) groups excluding carboxylic acids is 1. The fourth-order valence-corrected chi connectivity index (χ4v) is 1.96. The Morgan fingerprint density at radius 1 is 1.44 bits per heavy atom. The van der Waals surface area contributed by atoms with Gasteiger partial charge in [0.25, 0.3) is 5.91 Å². The number of aromatic amines is 1. The summed E-state index contributed by atoms with van der Waals surface area (Å²) < 4.78 is 7.64. The van der Waals surface area contributed by atoms with Crippen molar-refractivity contribution in [1.82, 2.24) is 23.9 Å². The summed E-state index contributed by atoms with van der Waals surface area (Å²) in [6, 6.07) is 1.82. The zero-order valence-corrected chi connectivity index (χ0v) is 10.2. The molecule has 18 heavy (non-hydrogen) atoms. The van der Waals surface area contributed by atoms with E-state index in [-0.39, 0.29) is 5.91 Å². The maximum atomic E-state index is 11.8. The largest absolute Gasteiger partial charge is 0.319 e. The molecule has 0 unspecified atom stereocenters. The van der Waals surface area contributed by atoms with Crippen molar-refractivity contribution in [3.8, 4) is 0 Å². The number of nitrogens with one attached hydrogen (secondary N) is 2. The number of aromatic nitrogens is 5. The first-order chi connectivity index (χ1) is 8.74. The molecule has 0 saturated heterocycles. The number of rotatable bonds is 2. The molecule has 3 aromatic rings. The number of fused-ring (bicyclic) bond motifs is 1. The van der Waals surface area contributed by atoms with Gasteiger partial charge >= 0.3 is 0 Å². The van der Waals surface area contributed by atoms with Crippen LogP contribution in [0, 0.1) is 6.92 Å². The molecular formula is C10H8N6OS. The number of anilines is 1. The van der Waals surface area contributed by atoms with E-state index in [2.05, 4.69) is 29.2 Å². The van der Waals surface area contributed by atoms with Crippen LogP contribution in [0.15, 0.2) is 18.5 Å². The first-order valence-corrected chi connectivity index (χ1v) is 5.87. The van der Waals surface area contributed by atoms with E-state index in [1.54, 1.807) is 6.20 Å². The van der Waals surface area contributed by atoms with Crippen LogP contribution in [0.25, 0.3) is 11.0 Å². The Morgan fingerprint density at radius 3 is 3.11 bits per heavy atom. The molecule has 2 N–H and O–H groups in total. The average Bonchev–Trinajstić information content (AvgIpc) is 3.00. The highest BCUT2D eigenvalue weighted by atomic mass is 32.1. The Hall–Kier alpha value is -2.35. The van der Waals surface area contributed by atoms with E-state index in [9.17, 15) is 4.79 Å². The third-order valence-electron chi connectivity index (χ3n) is 2.45. The molecule has 0 atom stereocenters. The van der Waals surface area contributed by atoms with E-state index in [1.807, 2.05) is 13.0 Å². The SMILES string of the molecule is Cc1[nH]nc2ncc(NC(=O)c3cnsn3)cc12. The van der Waals surface area contributed by atoms with Crippen molar-refractivity contribution >= 4 is 34.4 Å². The van der Waals surface area contributed by atoms with Crippen LogP contribution in [0.3, 0.4) is 0 Å². The van der Waals surface area contributed by atoms with E-state index in [4.69, 9.17) is 0 Å². The topological polar surface area (TPSA) is 96.5 Å². The number of H-pyrrole nitrogens is 1. The second-order valence-corrected chi connectivity index (χ2v) is 4.25. The molecule has 0 fully saturated rings. The molecule has 0 spiro atoms. The smallest absolute Gasteiger partial charge is 0.277 e. The highest BCUT2D eigenvalue weighted by Gasteiger charge is 2.10. The summed E-state index contributed by atoms with van der Waals surface area (Å²) in [7, 11) is 0. The normalized spacial score (nSPS) is 10.7. The number of pyridine rings is 1. The molecule has 0 aliphatic carbocycles. The van der Waals surface area contributed by atoms with Crippen LogP contribution in [-0.4, -0.2) is 29.8 Å². The molecule has 3 heterocycles. The summed E-state index contributed by atoms with van der Waals surface area (Å²) >= 11 is 0.993. The van der Waals surface area contributed by atoms with Gasteiger partial charge in [0.15, 0.2) is 11.3 Å². The lowest BCUT2D eigenvalue weighted by Crippen LogP contribution is -2.12. The number of carbonyl (C=O) groups is 1. The van der Waals surface area contributed by atoms with Gasteiger partial charge in [0.1, 0.15) is 0 Å². The highest BCUT2D eigenvalue weighted by molar-refractivity contribution is 6.99. The van der Waals surface area contributed by atoms with E-state index in [0.717, 1.165) is 22.8 Å². The fraction of sp³-hybridized carbons (Fsp3) is 0.100. The van der Waals surface area contributed by atoms with Crippen LogP contribution in [-0.2, 0) is 0 Å². The molecule has 0 aliphatic heterocycles.